The quantitative estimate of drug-likeness (QED) is 0.142. The Hall–Kier alpha value is -12.5. The number of pyridine rings is 4. The Morgan fingerprint density at radius 1 is 0.258 bits per heavy atom. The number of fused-ring (bicyclic) bond motifs is 15. The molecular weight excluding hydrogens is 1130 g/mol. The van der Waals surface area contributed by atoms with Gasteiger partial charge in [-0.25, -0.2) is 0 Å². The molecule has 0 aliphatic heterocycles. The van der Waals surface area contributed by atoms with Gasteiger partial charge in [0, 0.05) is 85.5 Å². The first-order valence-corrected chi connectivity index (χ1v) is 31.5. The van der Waals surface area contributed by atoms with E-state index in [0.717, 1.165) is 101 Å². The SMILES string of the molecule is C=CC.c1ccc(-n2c3ccc(-n4c5ccccc5c5ncccc54)cc3c3cc(-n4c5ccccc5c5ncccc54)ccc32)cc1.c1ccc2c(c1)c1ncccc1n2-c1ccc(Cc2ccc(-c3ccc(-n4c5ccccc5c5ncccc54)cc3)cc2)cc1. The molecule has 440 valence electrons. The topological polar surface area (TPSA) is 76.2 Å². The molecule has 9 heterocycles. The molecule has 9 heteroatoms. The number of hydrogen-bond acceptors (Lipinski definition) is 4. The van der Waals surface area contributed by atoms with Crippen molar-refractivity contribution in [3.63, 3.8) is 0 Å². The maximum atomic E-state index is 4.77. The van der Waals surface area contributed by atoms with E-state index in [9.17, 15) is 0 Å². The normalized spacial score (nSPS) is 11.6. The van der Waals surface area contributed by atoms with Gasteiger partial charge in [0.15, 0.2) is 0 Å². The number of hydrogen-bond donors (Lipinski definition) is 0. The van der Waals surface area contributed by atoms with Crippen molar-refractivity contribution in [3.8, 4) is 39.6 Å². The summed E-state index contributed by atoms with van der Waals surface area (Å²) < 4.78 is 11.7. The van der Waals surface area contributed by atoms with Gasteiger partial charge in [-0.1, -0.05) is 146 Å². The molecule has 0 radical (unpaired) electrons. The lowest BCUT2D eigenvalue weighted by molar-refractivity contribution is 1.15. The summed E-state index contributed by atoms with van der Waals surface area (Å²) in [4.78, 5) is 18.9. The molecule has 0 saturated carbocycles. The third-order valence-corrected chi connectivity index (χ3v) is 18.0. The monoisotopic (exact) mass is 1190 g/mol. The molecule has 10 aromatic carbocycles. The lowest BCUT2D eigenvalue weighted by atomic mass is 10.00. The fourth-order valence-corrected chi connectivity index (χ4v) is 14.0. The molecule has 19 aromatic rings. The van der Waals surface area contributed by atoms with Crippen LogP contribution in [0.4, 0.5) is 0 Å². The second-order valence-corrected chi connectivity index (χ2v) is 23.5. The van der Waals surface area contributed by atoms with E-state index in [4.69, 9.17) is 9.97 Å². The van der Waals surface area contributed by atoms with Gasteiger partial charge < -0.3 is 22.8 Å². The summed E-state index contributed by atoms with van der Waals surface area (Å²) in [6, 6.07) is 102. The van der Waals surface area contributed by atoms with E-state index in [2.05, 4.69) is 300 Å². The maximum absolute atomic E-state index is 4.77. The Bertz CT molecular complexity index is 5660. The summed E-state index contributed by atoms with van der Waals surface area (Å²) in [6.07, 6.45) is 10.1. The van der Waals surface area contributed by atoms with E-state index < -0.39 is 0 Å². The van der Waals surface area contributed by atoms with Crippen molar-refractivity contribution in [3.05, 3.63) is 334 Å². The van der Waals surface area contributed by atoms with Crippen LogP contribution in [0.3, 0.4) is 0 Å². The summed E-state index contributed by atoms with van der Waals surface area (Å²) >= 11 is 0. The molecule has 0 amide bonds. The molecule has 0 atom stereocenters. The van der Waals surface area contributed by atoms with Crippen LogP contribution in [-0.4, -0.2) is 42.8 Å². The van der Waals surface area contributed by atoms with Gasteiger partial charge in [0.2, 0.25) is 0 Å². The fraction of sp³-hybridized carbons (Fsp3) is 0.0238. The summed E-state index contributed by atoms with van der Waals surface area (Å²) in [5, 5.41) is 7.05. The average molecular weight is 1190 g/mol. The van der Waals surface area contributed by atoms with Gasteiger partial charge in [-0.05, 0) is 181 Å². The highest BCUT2D eigenvalue weighted by atomic mass is 15.0. The van der Waals surface area contributed by atoms with Gasteiger partial charge in [0.05, 0.1) is 77.2 Å². The molecule has 0 fully saturated rings. The molecule has 0 unspecified atom stereocenters. The molecular formula is C84H59N9. The van der Waals surface area contributed by atoms with Crippen molar-refractivity contribution in [2.24, 2.45) is 0 Å². The third kappa shape index (κ3) is 9.24. The first kappa shape index (κ1) is 54.7. The van der Waals surface area contributed by atoms with Crippen LogP contribution >= 0.6 is 0 Å². The van der Waals surface area contributed by atoms with E-state index >= 15 is 0 Å². The molecule has 0 aliphatic carbocycles. The second-order valence-electron chi connectivity index (χ2n) is 23.5. The molecule has 19 rings (SSSR count). The van der Waals surface area contributed by atoms with Crippen LogP contribution in [-0.2, 0) is 6.42 Å². The summed E-state index contributed by atoms with van der Waals surface area (Å²) in [5.74, 6) is 0. The standard InChI is InChI=1S/C41H28N4.C40H25N5.C3H6/c1-3-9-36-34(7-1)40-38(11-5-25-42-40)44(36)32-21-15-29(16-22-32)27-28-13-17-30(18-14-28)31-19-23-33(24-20-31)45-37-10-4-2-8-35(37)41-39(45)12-6-26-43-41;1-2-10-26(11-3-1)43-35-20-18-27(44-33-14-6-4-12-29(33)39-37(44)16-8-22-41-39)24-31(35)32-25-28(19-21-36(32)43)45-34-15-7-5-13-30(34)40-38(45)17-9-23-42-40;1-3-2/h1-26H,27H2;1-25H;3H,1H2,2H3. The van der Waals surface area contributed by atoms with Crippen LogP contribution in [0.2, 0.25) is 0 Å². The van der Waals surface area contributed by atoms with Gasteiger partial charge >= 0.3 is 0 Å². The van der Waals surface area contributed by atoms with E-state index in [-0.39, 0.29) is 0 Å². The highest BCUT2D eigenvalue weighted by Gasteiger charge is 2.21. The number of allylic oxidation sites excluding steroid dienone is 1. The molecule has 9 nitrogen and oxygen atoms in total. The van der Waals surface area contributed by atoms with Crippen LogP contribution in [0.15, 0.2) is 323 Å². The zero-order valence-electron chi connectivity index (χ0n) is 51.0. The largest absolute Gasteiger partial charge is 0.309 e. The molecule has 0 saturated heterocycles. The van der Waals surface area contributed by atoms with Crippen molar-refractivity contribution in [1.82, 2.24) is 42.8 Å². The Morgan fingerprint density at radius 2 is 0.516 bits per heavy atom. The van der Waals surface area contributed by atoms with Crippen molar-refractivity contribution in [1.29, 1.82) is 0 Å². The van der Waals surface area contributed by atoms with E-state index in [0.29, 0.717) is 0 Å². The highest BCUT2D eigenvalue weighted by Crippen LogP contribution is 2.40. The zero-order valence-corrected chi connectivity index (χ0v) is 51.0. The Morgan fingerprint density at radius 3 is 0.892 bits per heavy atom. The van der Waals surface area contributed by atoms with Crippen LogP contribution in [0.25, 0.3) is 149 Å². The van der Waals surface area contributed by atoms with Crippen molar-refractivity contribution in [2.75, 3.05) is 0 Å². The van der Waals surface area contributed by atoms with E-state index in [1.165, 1.54) is 65.9 Å². The van der Waals surface area contributed by atoms with Gasteiger partial charge in [0.25, 0.3) is 0 Å². The summed E-state index contributed by atoms with van der Waals surface area (Å²) in [5.41, 5.74) is 26.2. The van der Waals surface area contributed by atoms with Crippen molar-refractivity contribution in [2.45, 2.75) is 13.3 Å². The van der Waals surface area contributed by atoms with Gasteiger partial charge in [-0.2, -0.15) is 0 Å². The minimum atomic E-state index is 0.885. The molecule has 0 aliphatic rings. The van der Waals surface area contributed by atoms with Crippen LogP contribution in [0.1, 0.15) is 18.1 Å². The highest BCUT2D eigenvalue weighted by molar-refractivity contribution is 6.14. The first-order valence-electron chi connectivity index (χ1n) is 31.5. The fourth-order valence-electron chi connectivity index (χ4n) is 14.0. The van der Waals surface area contributed by atoms with Crippen molar-refractivity contribution < 1.29 is 0 Å². The van der Waals surface area contributed by atoms with E-state index in [1.807, 2.05) is 56.0 Å². The second kappa shape index (κ2) is 22.8. The molecule has 0 bridgehead atoms. The zero-order chi connectivity index (χ0) is 61.9. The summed E-state index contributed by atoms with van der Waals surface area (Å²) in [6.45, 7) is 5.25. The number of aromatic nitrogens is 9. The minimum Gasteiger partial charge on any atom is -0.309 e. The van der Waals surface area contributed by atoms with Crippen molar-refractivity contribution >= 4 is 110 Å². The smallest absolute Gasteiger partial charge is 0.0963 e. The Kier molecular flexibility index (Phi) is 13.4. The number of benzene rings is 10. The molecule has 93 heavy (non-hydrogen) atoms. The number of nitrogens with zero attached hydrogens (tertiary/aromatic N) is 9. The average Bonchev–Trinajstić information content (AvgIpc) is 1.59. The first-order chi connectivity index (χ1) is 46.1. The van der Waals surface area contributed by atoms with Crippen LogP contribution < -0.4 is 0 Å². The number of para-hydroxylation sites is 5. The van der Waals surface area contributed by atoms with Gasteiger partial charge in [-0.3, -0.25) is 19.9 Å². The molecule has 0 N–H and O–H groups in total. The van der Waals surface area contributed by atoms with Gasteiger partial charge in [-0.15, -0.1) is 6.58 Å². The van der Waals surface area contributed by atoms with E-state index in [1.54, 1.807) is 6.08 Å². The minimum absolute atomic E-state index is 0.885. The Labute approximate surface area is 535 Å². The predicted octanol–water partition coefficient (Wildman–Crippen LogP) is 20.9. The van der Waals surface area contributed by atoms with Crippen LogP contribution in [0, 0.1) is 0 Å². The predicted molar refractivity (Wildman–Crippen MR) is 386 cm³/mol. The maximum Gasteiger partial charge on any atom is 0.0963 e. The molecule has 9 aromatic heterocycles. The Balaban J connectivity index is 0.000000136. The third-order valence-electron chi connectivity index (χ3n) is 18.0. The lowest BCUT2D eigenvalue weighted by Crippen LogP contribution is -1.96. The molecule has 0 spiro atoms. The number of rotatable bonds is 8. The lowest BCUT2D eigenvalue weighted by Gasteiger charge is -2.10. The van der Waals surface area contributed by atoms with Gasteiger partial charge in [0.1, 0.15) is 0 Å². The van der Waals surface area contributed by atoms with Crippen LogP contribution in [0.5, 0.6) is 0 Å². The summed E-state index contributed by atoms with van der Waals surface area (Å²) in [7, 11) is 0.